The number of rotatable bonds is 8. The van der Waals surface area contributed by atoms with Crippen LogP contribution in [0, 0.1) is 5.82 Å². The maximum atomic E-state index is 13.3. The van der Waals surface area contributed by atoms with E-state index >= 15 is 0 Å². The van der Waals surface area contributed by atoms with E-state index in [0.717, 1.165) is 25.7 Å². The third-order valence-electron chi connectivity index (χ3n) is 2.95. The van der Waals surface area contributed by atoms with Crippen molar-refractivity contribution in [3.63, 3.8) is 0 Å². The maximum Gasteiger partial charge on any atom is 0.164 e. The third-order valence-corrected chi connectivity index (χ3v) is 2.95. The second kappa shape index (κ2) is 8.03. The molecule has 0 saturated heterocycles. The molecule has 0 N–H and O–H groups in total. The number of benzene rings is 1. The number of hydrogen-bond donors (Lipinski definition) is 0. The molecular formula is C16H25FO2. The topological polar surface area (TPSA) is 18.5 Å². The summed E-state index contributed by atoms with van der Waals surface area (Å²) < 4.78 is 24.9. The Morgan fingerprint density at radius 1 is 0.947 bits per heavy atom. The van der Waals surface area contributed by atoms with Gasteiger partial charge < -0.3 is 9.47 Å². The second-order valence-electron chi connectivity index (χ2n) is 5.03. The molecule has 1 aromatic carbocycles. The lowest BCUT2D eigenvalue weighted by Gasteiger charge is -2.20. The summed E-state index contributed by atoms with van der Waals surface area (Å²) in [4.78, 5) is 0. The van der Waals surface area contributed by atoms with E-state index in [0.29, 0.717) is 11.5 Å². The van der Waals surface area contributed by atoms with Crippen LogP contribution >= 0.6 is 0 Å². The lowest BCUT2D eigenvalue weighted by Crippen LogP contribution is -2.15. The van der Waals surface area contributed by atoms with E-state index in [-0.39, 0.29) is 18.0 Å². The smallest absolute Gasteiger partial charge is 0.164 e. The van der Waals surface area contributed by atoms with Crippen LogP contribution < -0.4 is 9.47 Å². The van der Waals surface area contributed by atoms with Gasteiger partial charge in [0.1, 0.15) is 5.82 Å². The van der Waals surface area contributed by atoms with Gasteiger partial charge in [0.25, 0.3) is 0 Å². The minimum atomic E-state index is -0.297. The van der Waals surface area contributed by atoms with E-state index in [9.17, 15) is 4.39 Å². The summed E-state index contributed by atoms with van der Waals surface area (Å²) in [5, 5.41) is 0. The van der Waals surface area contributed by atoms with Crippen molar-refractivity contribution in [2.45, 2.75) is 65.6 Å². The van der Waals surface area contributed by atoms with Crippen LogP contribution in [0.25, 0.3) is 0 Å². The molecule has 2 atom stereocenters. The first kappa shape index (κ1) is 15.8. The van der Waals surface area contributed by atoms with E-state index in [1.807, 2.05) is 13.8 Å². The van der Waals surface area contributed by atoms with Crippen LogP contribution in [0.2, 0.25) is 0 Å². The molecule has 0 radical (unpaired) electrons. The second-order valence-corrected chi connectivity index (χ2v) is 5.03. The molecule has 0 spiro atoms. The fraction of sp³-hybridized carbons (Fsp3) is 0.625. The van der Waals surface area contributed by atoms with Crippen LogP contribution in [0.15, 0.2) is 18.2 Å². The molecular weight excluding hydrogens is 243 g/mol. The predicted octanol–water partition coefficient (Wildman–Crippen LogP) is 4.96. The SMILES string of the molecule is CCCC(C)Oc1ccc(F)cc1OC(C)CCC. The molecule has 0 fully saturated rings. The van der Waals surface area contributed by atoms with Gasteiger partial charge in [-0.1, -0.05) is 26.7 Å². The van der Waals surface area contributed by atoms with Crippen LogP contribution in [0.3, 0.4) is 0 Å². The summed E-state index contributed by atoms with van der Waals surface area (Å²) in [6, 6.07) is 4.46. The Balaban J connectivity index is 2.79. The summed E-state index contributed by atoms with van der Waals surface area (Å²) in [6.45, 7) is 8.23. The van der Waals surface area contributed by atoms with Crippen molar-refractivity contribution < 1.29 is 13.9 Å². The molecule has 1 aromatic rings. The molecule has 0 bridgehead atoms. The van der Waals surface area contributed by atoms with Crippen molar-refractivity contribution in [1.29, 1.82) is 0 Å². The molecule has 0 aliphatic heterocycles. The lowest BCUT2D eigenvalue weighted by atomic mass is 10.2. The molecule has 0 aliphatic carbocycles. The fourth-order valence-corrected chi connectivity index (χ4v) is 2.04. The fourth-order valence-electron chi connectivity index (χ4n) is 2.04. The van der Waals surface area contributed by atoms with Gasteiger partial charge in [0.15, 0.2) is 11.5 Å². The molecule has 0 amide bonds. The monoisotopic (exact) mass is 268 g/mol. The number of ether oxygens (including phenoxy) is 2. The zero-order valence-electron chi connectivity index (χ0n) is 12.4. The Hall–Kier alpha value is -1.25. The van der Waals surface area contributed by atoms with E-state index < -0.39 is 0 Å². The molecule has 108 valence electrons. The first-order valence-electron chi connectivity index (χ1n) is 7.19. The average Bonchev–Trinajstić information content (AvgIpc) is 2.33. The van der Waals surface area contributed by atoms with E-state index in [1.54, 1.807) is 6.07 Å². The normalized spacial score (nSPS) is 13.9. The molecule has 3 heteroatoms. The van der Waals surface area contributed by atoms with Crippen LogP contribution in [0.5, 0.6) is 11.5 Å². The lowest BCUT2D eigenvalue weighted by molar-refractivity contribution is 0.170. The van der Waals surface area contributed by atoms with Crippen molar-refractivity contribution in [3.8, 4) is 11.5 Å². The Labute approximate surface area is 115 Å². The molecule has 0 aliphatic rings. The summed E-state index contributed by atoms with van der Waals surface area (Å²) in [5.74, 6) is 0.836. The number of hydrogen-bond acceptors (Lipinski definition) is 2. The van der Waals surface area contributed by atoms with Crippen LogP contribution in [0.1, 0.15) is 53.4 Å². The first-order valence-corrected chi connectivity index (χ1v) is 7.19. The van der Waals surface area contributed by atoms with Gasteiger partial charge >= 0.3 is 0 Å². The molecule has 19 heavy (non-hydrogen) atoms. The van der Waals surface area contributed by atoms with Gasteiger partial charge in [0.05, 0.1) is 12.2 Å². The quantitative estimate of drug-likeness (QED) is 0.663. The average molecular weight is 268 g/mol. The van der Waals surface area contributed by atoms with Gasteiger partial charge in [0, 0.05) is 6.07 Å². The summed E-state index contributed by atoms with van der Waals surface area (Å²) in [7, 11) is 0. The molecule has 1 rings (SSSR count). The highest BCUT2D eigenvalue weighted by Crippen LogP contribution is 2.30. The highest BCUT2D eigenvalue weighted by atomic mass is 19.1. The van der Waals surface area contributed by atoms with Crippen LogP contribution in [0.4, 0.5) is 4.39 Å². The zero-order chi connectivity index (χ0) is 14.3. The highest BCUT2D eigenvalue weighted by Gasteiger charge is 2.13. The standard InChI is InChI=1S/C16H25FO2/c1-5-7-12(3)18-15-10-9-14(17)11-16(15)19-13(4)8-6-2/h9-13H,5-8H2,1-4H3. The maximum absolute atomic E-state index is 13.3. The summed E-state index contributed by atoms with van der Waals surface area (Å²) in [5.41, 5.74) is 0. The minimum absolute atomic E-state index is 0.0654. The highest BCUT2D eigenvalue weighted by molar-refractivity contribution is 5.40. The van der Waals surface area contributed by atoms with Crippen molar-refractivity contribution in [3.05, 3.63) is 24.0 Å². The van der Waals surface area contributed by atoms with E-state index in [4.69, 9.17) is 9.47 Å². The third kappa shape index (κ3) is 5.50. The van der Waals surface area contributed by atoms with Crippen LogP contribution in [-0.2, 0) is 0 Å². The Bertz CT molecular complexity index is 379. The van der Waals surface area contributed by atoms with Crippen molar-refractivity contribution in [2.75, 3.05) is 0 Å². The molecule has 2 nitrogen and oxygen atoms in total. The van der Waals surface area contributed by atoms with Crippen molar-refractivity contribution >= 4 is 0 Å². The zero-order valence-corrected chi connectivity index (χ0v) is 12.4. The summed E-state index contributed by atoms with van der Waals surface area (Å²) in [6.07, 6.45) is 4.20. The van der Waals surface area contributed by atoms with E-state index in [2.05, 4.69) is 13.8 Å². The van der Waals surface area contributed by atoms with E-state index in [1.165, 1.54) is 12.1 Å². The van der Waals surface area contributed by atoms with Gasteiger partial charge in [-0.25, -0.2) is 4.39 Å². The summed E-state index contributed by atoms with van der Waals surface area (Å²) >= 11 is 0. The van der Waals surface area contributed by atoms with Gasteiger partial charge in [0.2, 0.25) is 0 Å². The Morgan fingerprint density at radius 3 is 2.00 bits per heavy atom. The largest absolute Gasteiger partial charge is 0.487 e. The van der Waals surface area contributed by atoms with Crippen molar-refractivity contribution in [2.24, 2.45) is 0 Å². The van der Waals surface area contributed by atoms with Gasteiger partial charge in [-0.2, -0.15) is 0 Å². The van der Waals surface area contributed by atoms with Gasteiger partial charge in [-0.3, -0.25) is 0 Å². The molecule has 0 saturated carbocycles. The van der Waals surface area contributed by atoms with Crippen molar-refractivity contribution in [1.82, 2.24) is 0 Å². The van der Waals surface area contributed by atoms with Crippen LogP contribution in [-0.4, -0.2) is 12.2 Å². The Kier molecular flexibility index (Phi) is 6.68. The Morgan fingerprint density at radius 2 is 1.47 bits per heavy atom. The molecule has 0 heterocycles. The minimum Gasteiger partial charge on any atom is -0.487 e. The van der Waals surface area contributed by atoms with Gasteiger partial charge in [-0.05, 0) is 38.8 Å². The molecule has 2 unspecified atom stereocenters. The molecule has 0 aromatic heterocycles. The first-order chi connectivity index (χ1) is 9.06. The van der Waals surface area contributed by atoms with Gasteiger partial charge in [-0.15, -0.1) is 0 Å². The predicted molar refractivity (Wildman–Crippen MR) is 76.4 cm³/mol. The number of halogens is 1.